The number of fused-ring (bicyclic) bond motifs is 5. The Morgan fingerprint density at radius 3 is 2.83 bits per heavy atom. The Bertz CT molecular complexity index is 1120. The number of hydrogen-bond acceptors (Lipinski definition) is 4. The summed E-state index contributed by atoms with van der Waals surface area (Å²) in [6, 6.07) is 12.5. The van der Waals surface area contributed by atoms with Gasteiger partial charge in [-0.05, 0) is 37.3 Å². The van der Waals surface area contributed by atoms with E-state index in [1.165, 1.54) is 0 Å². The van der Waals surface area contributed by atoms with Crippen molar-refractivity contribution >= 4 is 38.7 Å². The van der Waals surface area contributed by atoms with E-state index in [4.69, 9.17) is 9.15 Å². The Balaban J connectivity index is 2.10. The summed E-state index contributed by atoms with van der Waals surface area (Å²) in [5.41, 5.74) is 2.01. The largest absolute Gasteiger partial charge is 0.462 e. The number of aromatic amines is 1. The summed E-state index contributed by atoms with van der Waals surface area (Å²) in [5, 5.41) is 1.94. The standard InChI is InChI=1S/C18H13NO4/c1-2-22-17(20)10-7-8-13-12(9-10)15-16(19-13)11-5-3-4-6-14(11)23-18(15)21/h3-9,19H,2H2,1H3. The molecule has 5 heteroatoms. The maximum atomic E-state index is 12.4. The van der Waals surface area contributed by atoms with Gasteiger partial charge in [0.25, 0.3) is 0 Å². The van der Waals surface area contributed by atoms with Crippen molar-refractivity contribution in [3.05, 3.63) is 58.4 Å². The second-order valence-corrected chi connectivity index (χ2v) is 5.24. The molecule has 2 heterocycles. The molecule has 0 aliphatic rings. The van der Waals surface area contributed by atoms with Crippen molar-refractivity contribution in [2.75, 3.05) is 6.61 Å². The lowest BCUT2D eigenvalue weighted by Crippen LogP contribution is -2.04. The molecule has 0 saturated heterocycles. The third-order valence-corrected chi connectivity index (χ3v) is 3.87. The number of aromatic nitrogens is 1. The molecule has 0 amide bonds. The molecular weight excluding hydrogens is 294 g/mol. The smallest absolute Gasteiger partial charge is 0.346 e. The fraction of sp³-hybridized carbons (Fsp3) is 0.111. The predicted octanol–water partition coefficient (Wildman–Crippen LogP) is 3.60. The van der Waals surface area contributed by atoms with Gasteiger partial charge in [-0.15, -0.1) is 0 Å². The number of hydrogen-bond donors (Lipinski definition) is 1. The Hall–Kier alpha value is -3.08. The van der Waals surface area contributed by atoms with Crippen LogP contribution in [0.15, 0.2) is 51.7 Å². The summed E-state index contributed by atoms with van der Waals surface area (Å²) in [6.07, 6.45) is 0. The van der Waals surface area contributed by atoms with Crippen LogP contribution >= 0.6 is 0 Å². The molecule has 0 aliphatic heterocycles. The number of nitrogens with one attached hydrogen (secondary N) is 1. The van der Waals surface area contributed by atoms with Gasteiger partial charge in [0.1, 0.15) is 5.58 Å². The van der Waals surface area contributed by atoms with Crippen LogP contribution in [-0.2, 0) is 4.74 Å². The highest BCUT2D eigenvalue weighted by Gasteiger charge is 2.15. The van der Waals surface area contributed by atoms with Gasteiger partial charge in [-0.3, -0.25) is 0 Å². The number of ether oxygens (including phenoxy) is 1. The zero-order valence-corrected chi connectivity index (χ0v) is 12.4. The topological polar surface area (TPSA) is 72.3 Å². The summed E-state index contributed by atoms with van der Waals surface area (Å²) in [7, 11) is 0. The summed E-state index contributed by atoms with van der Waals surface area (Å²) < 4.78 is 10.4. The van der Waals surface area contributed by atoms with Crippen LogP contribution in [0.2, 0.25) is 0 Å². The van der Waals surface area contributed by atoms with Crippen molar-refractivity contribution in [3.8, 4) is 0 Å². The predicted molar refractivity (Wildman–Crippen MR) is 87.8 cm³/mol. The molecule has 0 radical (unpaired) electrons. The highest BCUT2D eigenvalue weighted by molar-refractivity contribution is 6.15. The minimum atomic E-state index is -0.425. The first-order chi connectivity index (χ1) is 11.2. The van der Waals surface area contributed by atoms with Gasteiger partial charge in [0.15, 0.2) is 0 Å². The van der Waals surface area contributed by atoms with Crippen LogP contribution in [0.1, 0.15) is 17.3 Å². The molecule has 2 aromatic carbocycles. The normalized spacial score (nSPS) is 11.3. The summed E-state index contributed by atoms with van der Waals surface area (Å²) in [6.45, 7) is 2.06. The molecule has 0 spiro atoms. The number of carbonyl (C=O) groups excluding carboxylic acids is 1. The number of H-pyrrole nitrogens is 1. The maximum absolute atomic E-state index is 12.4. The van der Waals surface area contributed by atoms with Crippen LogP contribution in [0.3, 0.4) is 0 Å². The number of rotatable bonds is 2. The molecule has 0 atom stereocenters. The van der Waals surface area contributed by atoms with Crippen molar-refractivity contribution < 1.29 is 13.9 Å². The molecule has 0 aliphatic carbocycles. The highest BCUT2D eigenvalue weighted by atomic mass is 16.5. The Morgan fingerprint density at radius 1 is 1.17 bits per heavy atom. The third-order valence-electron chi connectivity index (χ3n) is 3.87. The minimum absolute atomic E-state index is 0.303. The summed E-state index contributed by atoms with van der Waals surface area (Å²) in [5.74, 6) is -0.408. The van der Waals surface area contributed by atoms with Crippen LogP contribution in [0.5, 0.6) is 0 Å². The third kappa shape index (κ3) is 2.01. The van der Waals surface area contributed by atoms with E-state index in [2.05, 4.69) is 4.98 Å². The van der Waals surface area contributed by atoms with Crippen molar-refractivity contribution in [2.24, 2.45) is 0 Å². The van der Waals surface area contributed by atoms with E-state index in [-0.39, 0.29) is 0 Å². The van der Waals surface area contributed by atoms with E-state index in [0.717, 1.165) is 10.9 Å². The van der Waals surface area contributed by atoms with Gasteiger partial charge >= 0.3 is 11.6 Å². The van der Waals surface area contributed by atoms with Crippen LogP contribution in [0, 0.1) is 0 Å². The summed E-state index contributed by atoms with van der Waals surface area (Å²) in [4.78, 5) is 27.5. The quantitative estimate of drug-likeness (QED) is 0.453. The van der Waals surface area contributed by atoms with E-state index in [1.54, 1.807) is 31.2 Å². The first kappa shape index (κ1) is 13.6. The van der Waals surface area contributed by atoms with Gasteiger partial charge in [0.2, 0.25) is 0 Å². The Morgan fingerprint density at radius 2 is 2.00 bits per heavy atom. The first-order valence-electron chi connectivity index (χ1n) is 7.33. The monoisotopic (exact) mass is 307 g/mol. The maximum Gasteiger partial charge on any atom is 0.346 e. The van der Waals surface area contributed by atoms with E-state index in [9.17, 15) is 9.59 Å². The zero-order valence-electron chi connectivity index (χ0n) is 12.4. The van der Waals surface area contributed by atoms with Gasteiger partial charge in [0, 0.05) is 16.3 Å². The van der Waals surface area contributed by atoms with Gasteiger partial charge in [-0.1, -0.05) is 12.1 Å². The number of benzene rings is 2. The van der Waals surface area contributed by atoms with Crippen LogP contribution in [-0.4, -0.2) is 17.6 Å². The Labute approximate surface area is 130 Å². The van der Waals surface area contributed by atoms with E-state index >= 15 is 0 Å². The fourth-order valence-electron chi connectivity index (χ4n) is 2.86. The molecule has 1 N–H and O–H groups in total. The molecule has 0 fully saturated rings. The number of para-hydroxylation sites is 1. The average Bonchev–Trinajstić information content (AvgIpc) is 2.94. The molecule has 23 heavy (non-hydrogen) atoms. The lowest BCUT2D eigenvalue weighted by Gasteiger charge is -2.01. The van der Waals surface area contributed by atoms with Crippen molar-refractivity contribution in [2.45, 2.75) is 6.92 Å². The Kier molecular flexibility index (Phi) is 2.94. The molecule has 4 rings (SSSR count). The van der Waals surface area contributed by atoms with Gasteiger partial charge < -0.3 is 14.1 Å². The lowest BCUT2D eigenvalue weighted by molar-refractivity contribution is 0.0526. The van der Waals surface area contributed by atoms with E-state index < -0.39 is 11.6 Å². The molecule has 0 unspecified atom stereocenters. The van der Waals surface area contributed by atoms with Crippen molar-refractivity contribution in [3.63, 3.8) is 0 Å². The van der Waals surface area contributed by atoms with Gasteiger partial charge in [-0.25, -0.2) is 9.59 Å². The van der Waals surface area contributed by atoms with Crippen molar-refractivity contribution in [1.82, 2.24) is 4.98 Å². The molecule has 4 aromatic rings. The first-order valence-corrected chi connectivity index (χ1v) is 7.33. The molecule has 114 valence electrons. The highest BCUT2D eigenvalue weighted by Crippen LogP contribution is 2.29. The van der Waals surface area contributed by atoms with Crippen molar-refractivity contribution in [1.29, 1.82) is 0 Å². The average molecular weight is 307 g/mol. The second kappa shape index (κ2) is 4.98. The van der Waals surface area contributed by atoms with Crippen LogP contribution in [0.4, 0.5) is 0 Å². The van der Waals surface area contributed by atoms with E-state index in [1.807, 2.05) is 18.2 Å². The van der Waals surface area contributed by atoms with E-state index in [0.29, 0.717) is 34.0 Å². The second-order valence-electron chi connectivity index (χ2n) is 5.24. The molecule has 0 saturated carbocycles. The van der Waals surface area contributed by atoms with Gasteiger partial charge in [0.05, 0.1) is 23.1 Å². The molecule has 5 nitrogen and oxygen atoms in total. The molecular formula is C18H13NO4. The van der Waals surface area contributed by atoms with Gasteiger partial charge in [-0.2, -0.15) is 0 Å². The summed E-state index contributed by atoms with van der Waals surface area (Å²) >= 11 is 0. The lowest BCUT2D eigenvalue weighted by atomic mass is 10.1. The number of carbonyl (C=O) groups is 1. The zero-order chi connectivity index (χ0) is 16.0. The molecule has 0 bridgehead atoms. The molecule has 2 aromatic heterocycles. The number of esters is 1. The minimum Gasteiger partial charge on any atom is -0.462 e. The SMILES string of the molecule is CCOC(=O)c1ccc2[nH]c3c4ccccc4oc(=O)c3c2c1. The van der Waals surface area contributed by atoms with Crippen LogP contribution in [0.25, 0.3) is 32.8 Å². The fourth-order valence-corrected chi connectivity index (χ4v) is 2.86. The van der Waals surface area contributed by atoms with Crippen LogP contribution < -0.4 is 5.63 Å².